The Kier molecular flexibility index (Phi) is 2.26. The Bertz CT molecular complexity index is 647. The van der Waals surface area contributed by atoms with Gasteiger partial charge in [-0.1, -0.05) is 0 Å². The highest BCUT2D eigenvalue weighted by Gasteiger charge is 2.08. The van der Waals surface area contributed by atoms with E-state index in [1.165, 1.54) is 0 Å². The monoisotopic (exact) mass is 225 g/mol. The van der Waals surface area contributed by atoms with Crippen LogP contribution in [0, 0.1) is 0 Å². The fourth-order valence-electron chi connectivity index (χ4n) is 1.91. The van der Waals surface area contributed by atoms with Gasteiger partial charge in [0.15, 0.2) is 0 Å². The van der Waals surface area contributed by atoms with Gasteiger partial charge in [-0.25, -0.2) is 0 Å². The van der Waals surface area contributed by atoms with Crippen LogP contribution >= 0.6 is 0 Å². The lowest BCUT2D eigenvalue weighted by atomic mass is 10.0. The molecule has 0 aliphatic heterocycles. The molecule has 0 fully saturated rings. The van der Waals surface area contributed by atoms with Crippen LogP contribution in [-0.4, -0.2) is 22.3 Å². The van der Waals surface area contributed by atoms with E-state index in [1.807, 2.05) is 24.5 Å². The van der Waals surface area contributed by atoms with Crippen molar-refractivity contribution in [3.63, 3.8) is 0 Å². The van der Waals surface area contributed by atoms with E-state index in [2.05, 4.69) is 21.2 Å². The van der Waals surface area contributed by atoms with Crippen molar-refractivity contribution in [3.8, 4) is 16.9 Å². The number of aromatic nitrogens is 3. The van der Waals surface area contributed by atoms with Gasteiger partial charge in [-0.3, -0.25) is 10.1 Å². The fourth-order valence-corrected chi connectivity index (χ4v) is 1.91. The summed E-state index contributed by atoms with van der Waals surface area (Å²) in [6.07, 6.45) is 7.25. The number of ether oxygens (including phenoxy) is 1. The molecule has 0 radical (unpaired) electrons. The van der Waals surface area contributed by atoms with Gasteiger partial charge in [0.2, 0.25) is 0 Å². The summed E-state index contributed by atoms with van der Waals surface area (Å²) in [6, 6.07) is 6.04. The first kappa shape index (κ1) is 9.84. The second kappa shape index (κ2) is 3.90. The Morgan fingerprint density at radius 3 is 2.88 bits per heavy atom. The molecule has 0 aliphatic carbocycles. The minimum absolute atomic E-state index is 0.838. The number of hydrogen-bond donors (Lipinski definition) is 1. The van der Waals surface area contributed by atoms with Crippen LogP contribution in [0.25, 0.3) is 21.9 Å². The number of hydrogen-bond acceptors (Lipinski definition) is 3. The molecule has 1 aromatic carbocycles. The van der Waals surface area contributed by atoms with Crippen molar-refractivity contribution >= 4 is 10.8 Å². The normalized spacial score (nSPS) is 10.6. The predicted octanol–water partition coefficient (Wildman–Crippen LogP) is 2.63. The lowest BCUT2D eigenvalue weighted by Gasteiger charge is -2.08. The highest BCUT2D eigenvalue weighted by molar-refractivity contribution is 5.89. The molecule has 3 aromatic rings. The lowest BCUT2D eigenvalue weighted by Crippen LogP contribution is -1.88. The van der Waals surface area contributed by atoms with E-state index in [-0.39, 0.29) is 0 Å². The number of methoxy groups -OCH3 is 1. The standard InChI is InChI=1S/C13H11N3O/c1-17-13-5-9-2-3-14-6-10(9)4-12(13)11-7-15-16-8-11/h2-8H,1H3,(H,15,16). The number of rotatable bonds is 2. The van der Waals surface area contributed by atoms with E-state index in [0.717, 1.165) is 27.6 Å². The van der Waals surface area contributed by atoms with Gasteiger partial charge in [-0.2, -0.15) is 5.10 Å². The largest absolute Gasteiger partial charge is 0.496 e. The molecule has 0 unspecified atom stereocenters. The smallest absolute Gasteiger partial charge is 0.127 e. The summed E-state index contributed by atoms with van der Waals surface area (Å²) in [5, 5.41) is 8.97. The van der Waals surface area contributed by atoms with Gasteiger partial charge < -0.3 is 4.74 Å². The first-order valence-electron chi connectivity index (χ1n) is 5.29. The van der Waals surface area contributed by atoms with Crippen molar-refractivity contribution in [3.05, 3.63) is 43.0 Å². The molecule has 0 amide bonds. The molecule has 2 heterocycles. The third kappa shape index (κ3) is 1.63. The third-order valence-corrected chi connectivity index (χ3v) is 2.77. The van der Waals surface area contributed by atoms with Gasteiger partial charge in [0.1, 0.15) is 5.75 Å². The molecule has 0 saturated carbocycles. The Morgan fingerprint density at radius 2 is 2.12 bits per heavy atom. The maximum Gasteiger partial charge on any atom is 0.127 e. The molecule has 3 rings (SSSR count). The summed E-state index contributed by atoms with van der Waals surface area (Å²) in [5.74, 6) is 0.838. The van der Waals surface area contributed by atoms with E-state index in [9.17, 15) is 0 Å². The molecule has 0 spiro atoms. The number of pyridine rings is 1. The minimum Gasteiger partial charge on any atom is -0.496 e. The molecular formula is C13H11N3O. The van der Waals surface area contributed by atoms with Crippen LogP contribution in [-0.2, 0) is 0 Å². The van der Waals surface area contributed by atoms with Gasteiger partial charge >= 0.3 is 0 Å². The number of H-pyrrole nitrogens is 1. The molecule has 0 bridgehead atoms. The third-order valence-electron chi connectivity index (χ3n) is 2.77. The van der Waals surface area contributed by atoms with Gasteiger partial charge in [-0.15, -0.1) is 0 Å². The van der Waals surface area contributed by atoms with Crippen LogP contribution in [0.15, 0.2) is 43.0 Å². The minimum atomic E-state index is 0.838. The van der Waals surface area contributed by atoms with Crippen LogP contribution in [0.5, 0.6) is 5.75 Å². The SMILES string of the molecule is COc1cc2ccncc2cc1-c1cn[nH]c1. The number of aromatic amines is 1. The van der Waals surface area contributed by atoms with E-state index < -0.39 is 0 Å². The number of benzene rings is 1. The summed E-state index contributed by atoms with van der Waals surface area (Å²) >= 11 is 0. The predicted molar refractivity (Wildman–Crippen MR) is 65.9 cm³/mol. The van der Waals surface area contributed by atoms with Gasteiger partial charge in [-0.05, 0) is 23.6 Å². The van der Waals surface area contributed by atoms with Crippen LogP contribution in [0.2, 0.25) is 0 Å². The van der Waals surface area contributed by atoms with Crippen molar-refractivity contribution in [1.29, 1.82) is 0 Å². The Balaban J connectivity index is 2.29. The highest BCUT2D eigenvalue weighted by atomic mass is 16.5. The first-order chi connectivity index (χ1) is 8.38. The van der Waals surface area contributed by atoms with Crippen molar-refractivity contribution in [2.75, 3.05) is 7.11 Å². The zero-order valence-corrected chi connectivity index (χ0v) is 9.34. The molecule has 0 saturated heterocycles. The van der Waals surface area contributed by atoms with Crippen molar-refractivity contribution in [1.82, 2.24) is 15.2 Å². The second-order valence-electron chi connectivity index (χ2n) is 3.76. The maximum atomic E-state index is 5.42. The highest BCUT2D eigenvalue weighted by Crippen LogP contribution is 2.33. The van der Waals surface area contributed by atoms with Gasteiger partial charge in [0.05, 0.1) is 13.3 Å². The fraction of sp³-hybridized carbons (Fsp3) is 0.0769. The second-order valence-corrected chi connectivity index (χ2v) is 3.76. The van der Waals surface area contributed by atoms with E-state index >= 15 is 0 Å². The molecule has 1 N–H and O–H groups in total. The van der Waals surface area contributed by atoms with Crippen LogP contribution in [0.3, 0.4) is 0 Å². The molecule has 84 valence electrons. The molecule has 2 aromatic heterocycles. The zero-order valence-electron chi connectivity index (χ0n) is 9.34. The summed E-state index contributed by atoms with van der Waals surface area (Å²) < 4.78 is 5.42. The van der Waals surface area contributed by atoms with E-state index in [0.29, 0.717) is 0 Å². The Hall–Kier alpha value is -2.36. The summed E-state index contributed by atoms with van der Waals surface area (Å²) in [4.78, 5) is 4.13. The molecule has 0 aliphatic rings. The Labute approximate surface area is 98.3 Å². The van der Waals surface area contributed by atoms with Crippen LogP contribution in [0.4, 0.5) is 0 Å². The van der Waals surface area contributed by atoms with Crippen molar-refractivity contribution in [2.45, 2.75) is 0 Å². The molecule has 4 heteroatoms. The quantitative estimate of drug-likeness (QED) is 0.729. The van der Waals surface area contributed by atoms with Crippen molar-refractivity contribution in [2.24, 2.45) is 0 Å². The lowest BCUT2D eigenvalue weighted by molar-refractivity contribution is 0.417. The average molecular weight is 225 g/mol. The molecule has 17 heavy (non-hydrogen) atoms. The number of nitrogens with zero attached hydrogens (tertiary/aromatic N) is 2. The summed E-state index contributed by atoms with van der Waals surface area (Å²) in [7, 11) is 1.67. The van der Waals surface area contributed by atoms with E-state index in [1.54, 1.807) is 19.5 Å². The topological polar surface area (TPSA) is 50.8 Å². The molecular weight excluding hydrogens is 214 g/mol. The molecule has 0 atom stereocenters. The average Bonchev–Trinajstić information content (AvgIpc) is 2.91. The van der Waals surface area contributed by atoms with Crippen molar-refractivity contribution < 1.29 is 4.74 Å². The van der Waals surface area contributed by atoms with E-state index in [4.69, 9.17) is 4.74 Å². The zero-order chi connectivity index (χ0) is 11.7. The molecule has 4 nitrogen and oxygen atoms in total. The summed E-state index contributed by atoms with van der Waals surface area (Å²) in [6.45, 7) is 0. The van der Waals surface area contributed by atoms with Crippen LogP contribution < -0.4 is 4.74 Å². The Morgan fingerprint density at radius 1 is 1.18 bits per heavy atom. The maximum absolute atomic E-state index is 5.42. The summed E-state index contributed by atoms with van der Waals surface area (Å²) in [5.41, 5.74) is 2.02. The number of fused-ring (bicyclic) bond motifs is 1. The van der Waals surface area contributed by atoms with Gasteiger partial charge in [0, 0.05) is 35.1 Å². The first-order valence-corrected chi connectivity index (χ1v) is 5.29. The number of nitrogens with one attached hydrogen (secondary N) is 1. The van der Waals surface area contributed by atoms with Crippen LogP contribution in [0.1, 0.15) is 0 Å². The van der Waals surface area contributed by atoms with Gasteiger partial charge in [0.25, 0.3) is 0 Å².